The summed E-state index contributed by atoms with van der Waals surface area (Å²) < 4.78 is 41.0. The van der Waals surface area contributed by atoms with Crippen LogP contribution in [0.2, 0.25) is 0 Å². The summed E-state index contributed by atoms with van der Waals surface area (Å²) in [4.78, 5) is 0. The van der Waals surface area contributed by atoms with Crippen LogP contribution < -0.4 is 16.2 Å². The first-order chi connectivity index (χ1) is 8.85. The molecule has 0 fully saturated rings. The third kappa shape index (κ3) is 3.96. The van der Waals surface area contributed by atoms with Gasteiger partial charge in [-0.25, -0.2) is 0 Å². The molecule has 0 unspecified atom stereocenters. The highest BCUT2D eigenvalue weighted by Crippen LogP contribution is 2.35. The molecule has 0 bridgehead atoms. The summed E-state index contributed by atoms with van der Waals surface area (Å²) in [6, 6.07) is 10.6. The van der Waals surface area contributed by atoms with Gasteiger partial charge < -0.3 is 16.2 Å². The smallest absolute Gasteiger partial charge is 0.405 e. The van der Waals surface area contributed by atoms with E-state index in [4.69, 9.17) is 11.5 Å². The molecule has 0 heterocycles. The van der Waals surface area contributed by atoms with Gasteiger partial charge in [-0.3, -0.25) is 0 Å². The van der Waals surface area contributed by atoms with Crippen LogP contribution in [0.3, 0.4) is 0 Å². The van der Waals surface area contributed by atoms with Crippen LogP contribution in [0.4, 0.5) is 24.5 Å². The fourth-order valence-electron chi connectivity index (χ4n) is 1.65. The minimum absolute atomic E-state index is 0. The lowest BCUT2D eigenvalue weighted by Crippen LogP contribution is -2.17. The minimum Gasteiger partial charge on any atom is -0.405 e. The van der Waals surface area contributed by atoms with E-state index in [0.717, 1.165) is 6.07 Å². The Morgan fingerprint density at radius 1 is 0.850 bits per heavy atom. The fourth-order valence-corrected chi connectivity index (χ4v) is 1.65. The van der Waals surface area contributed by atoms with Crippen LogP contribution in [0.5, 0.6) is 5.75 Å². The van der Waals surface area contributed by atoms with Crippen LogP contribution in [0.15, 0.2) is 42.5 Å². The molecule has 0 atom stereocenters. The molecule has 7 heteroatoms. The highest BCUT2D eigenvalue weighted by atomic mass is 35.5. The highest BCUT2D eigenvalue weighted by Gasteiger charge is 2.32. The van der Waals surface area contributed by atoms with E-state index in [1.165, 1.54) is 12.1 Å². The van der Waals surface area contributed by atoms with Crippen molar-refractivity contribution < 1.29 is 17.9 Å². The third-order valence-electron chi connectivity index (χ3n) is 2.45. The van der Waals surface area contributed by atoms with Crippen molar-refractivity contribution in [3.8, 4) is 16.9 Å². The Balaban J connectivity index is 0.00000200. The van der Waals surface area contributed by atoms with Crippen molar-refractivity contribution in [2.45, 2.75) is 6.36 Å². The number of benzene rings is 2. The number of hydrogen-bond donors (Lipinski definition) is 2. The molecule has 4 N–H and O–H groups in total. The molecule has 0 saturated heterocycles. The standard InChI is InChI=1S/C13H11F3N2O.ClH/c14-13(15,16)19-12-7-10(18)5-6-11(12)8-1-3-9(17)4-2-8;/h1-7H,17-18H2;1H. The summed E-state index contributed by atoms with van der Waals surface area (Å²) >= 11 is 0. The van der Waals surface area contributed by atoms with Crippen molar-refractivity contribution in [2.75, 3.05) is 11.5 Å². The minimum atomic E-state index is -4.77. The van der Waals surface area contributed by atoms with E-state index >= 15 is 0 Å². The van der Waals surface area contributed by atoms with Gasteiger partial charge in [0.25, 0.3) is 0 Å². The van der Waals surface area contributed by atoms with Gasteiger partial charge in [-0.15, -0.1) is 25.6 Å². The quantitative estimate of drug-likeness (QED) is 0.829. The molecule has 0 aliphatic rings. The van der Waals surface area contributed by atoms with Crippen LogP contribution in [-0.2, 0) is 0 Å². The van der Waals surface area contributed by atoms with Crippen molar-refractivity contribution in [2.24, 2.45) is 0 Å². The zero-order valence-corrected chi connectivity index (χ0v) is 11.0. The van der Waals surface area contributed by atoms with Crippen molar-refractivity contribution in [3.05, 3.63) is 42.5 Å². The van der Waals surface area contributed by atoms with E-state index in [-0.39, 0.29) is 23.8 Å². The second-order valence-electron chi connectivity index (χ2n) is 3.93. The van der Waals surface area contributed by atoms with Gasteiger partial charge in [0, 0.05) is 23.0 Å². The molecule has 3 nitrogen and oxygen atoms in total. The van der Waals surface area contributed by atoms with E-state index < -0.39 is 6.36 Å². The molecule has 0 spiro atoms. The van der Waals surface area contributed by atoms with Gasteiger partial charge in [0.05, 0.1) is 0 Å². The van der Waals surface area contributed by atoms with Crippen LogP contribution in [-0.4, -0.2) is 6.36 Å². The van der Waals surface area contributed by atoms with Crippen molar-refractivity contribution in [1.82, 2.24) is 0 Å². The molecule has 2 rings (SSSR count). The highest BCUT2D eigenvalue weighted by molar-refractivity contribution is 5.85. The number of halogens is 4. The van der Waals surface area contributed by atoms with Crippen molar-refractivity contribution in [1.29, 1.82) is 0 Å². The number of hydrogen-bond acceptors (Lipinski definition) is 3. The number of nitrogen functional groups attached to an aromatic ring is 2. The molecule has 0 aromatic heterocycles. The van der Waals surface area contributed by atoms with Gasteiger partial charge in [0.2, 0.25) is 0 Å². The molecule has 0 amide bonds. The molecular weight excluding hydrogens is 293 g/mol. The van der Waals surface area contributed by atoms with E-state index in [1.54, 1.807) is 24.3 Å². The third-order valence-corrected chi connectivity index (χ3v) is 2.45. The van der Waals surface area contributed by atoms with Crippen molar-refractivity contribution in [3.63, 3.8) is 0 Å². The summed E-state index contributed by atoms with van der Waals surface area (Å²) in [5.74, 6) is -0.336. The first kappa shape index (κ1) is 16.0. The molecule has 108 valence electrons. The molecule has 2 aromatic rings. The average Bonchev–Trinajstić information content (AvgIpc) is 2.29. The summed E-state index contributed by atoms with van der Waals surface area (Å²) in [6.07, 6.45) is -4.77. The van der Waals surface area contributed by atoms with Gasteiger partial charge >= 0.3 is 6.36 Å². The molecule has 20 heavy (non-hydrogen) atoms. The Hall–Kier alpha value is -2.08. The second kappa shape index (κ2) is 5.92. The number of rotatable bonds is 2. The van der Waals surface area contributed by atoms with Gasteiger partial charge in [-0.05, 0) is 29.8 Å². The largest absolute Gasteiger partial charge is 0.573 e. The predicted octanol–water partition coefficient (Wildman–Crippen LogP) is 3.84. The normalized spacial score (nSPS) is 10.8. The first-order valence-electron chi connectivity index (χ1n) is 5.36. The summed E-state index contributed by atoms with van der Waals surface area (Å²) in [6.45, 7) is 0. The maximum absolute atomic E-state index is 12.3. The van der Waals surface area contributed by atoms with Crippen LogP contribution in [0, 0.1) is 0 Å². The number of nitrogens with two attached hydrogens (primary N) is 2. The number of ether oxygens (including phenoxy) is 1. The Labute approximate surface area is 119 Å². The van der Waals surface area contributed by atoms with Crippen LogP contribution in [0.25, 0.3) is 11.1 Å². The lowest BCUT2D eigenvalue weighted by atomic mass is 10.0. The van der Waals surface area contributed by atoms with E-state index in [2.05, 4.69) is 4.74 Å². The van der Waals surface area contributed by atoms with Gasteiger partial charge in [0.1, 0.15) is 5.75 Å². The Kier molecular flexibility index (Phi) is 4.73. The number of alkyl halides is 3. The second-order valence-corrected chi connectivity index (χ2v) is 3.93. The van der Waals surface area contributed by atoms with Gasteiger partial charge in [-0.2, -0.15) is 0 Å². The topological polar surface area (TPSA) is 61.3 Å². The Morgan fingerprint density at radius 2 is 1.40 bits per heavy atom. The van der Waals surface area contributed by atoms with Crippen LogP contribution in [0.1, 0.15) is 0 Å². The SMILES string of the molecule is Cl.Nc1ccc(-c2ccc(N)cc2OC(F)(F)F)cc1. The lowest BCUT2D eigenvalue weighted by molar-refractivity contribution is -0.274. The zero-order chi connectivity index (χ0) is 14.0. The zero-order valence-electron chi connectivity index (χ0n) is 10.1. The van der Waals surface area contributed by atoms with Crippen LogP contribution >= 0.6 is 12.4 Å². The van der Waals surface area contributed by atoms with Gasteiger partial charge in [0.15, 0.2) is 0 Å². The molecule has 0 aliphatic carbocycles. The maximum Gasteiger partial charge on any atom is 0.573 e. The molecule has 2 aromatic carbocycles. The lowest BCUT2D eigenvalue weighted by Gasteiger charge is -2.14. The van der Waals surface area contributed by atoms with Crippen molar-refractivity contribution >= 4 is 23.8 Å². The van der Waals surface area contributed by atoms with E-state index in [9.17, 15) is 13.2 Å². The predicted molar refractivity (Wildman–Crippen MR) is 74.6 cm³/mol. The van der Waals surface area contributed by atoms with Gasteiger partial charge in [-0.1, -0.05) is 12.1 Å². The molecule has 0 saturated carbocycles. The average molecular weight is 305 g/mol. The monoisotopic (exact) mass is 304 g/mol. The molecule has 0 radical (unpaired) electrons. The summed E-state index contributed by atoms with van der Waals surface area (Å²) in [5.41, 5.74) is 12.6. The molecular formula is C13H12ClF3N2O. The summed E-state index contributed by atoms with van der Waals surface area (Å²) in [5, 5.41) is 0. The van der Waals surface area contributed by atoms with E-state index in [0.29, 0.717) is 16.8 Å². The fraction of sp³-hybridized carbons (Fsp3) is 0.0769. The maximum atomic E-state index is 12.3. The molecule has 0 aliphatic heterocycles. The Bertz CT molecular complexity index is 585. The first-order valence-corrected chi connectivity index (χ1v) is 5.36. The Morgan fingerprint density at radius 3 is 1.95 bits per heavy atom. The summed E-state index contributed by atoms with van der Waals surface area (Å²) in [7, 11) is 0. The van der Waals surface area contributed by atoms with E-state index in [1.807, 2.05) is 0 Å². The number of anilines is 2.